The number of hydrogen-bond donors (Lipinski definition) is 2. The summed E-state index contributed by atoms with van der Waals surface area (Å²) in [5.41, 5.74) is 2.13. The fourth-order valence-corrected chi connectivity index (χ4v) is 1.80. The lowest BCUT2D eigenvalue weighted by molar-refractivity contribution is -0.121. The van der Waals surface area contributed by atoms with Crippen molar-refractivity contribution in [3.63, 3.8) is 0 Å². The Morgan fingerprint density at radius 3 is 2.62 bits per heavy atom. The summed E-state index contributed by atoms with van der Waals surface area (Å²) in [5.74, 6) is 6.09. The summed E-state index contributed by atoms with van der Waals surface area (Å²) in [5, 5.41) is 0.715. The molecule has 3 nitrogen and oxygen atoms in total. The first-order valence-corrected chi connectivity index (χ1v) is 5.82. The van der Waals surface area contributed by atoms with E-state index in [1.165, 1.54) is 12.2 Å². The van der Waals surface area contributed by atoms with Crippen molar-refractivity contribution in [3.05, 3.63) is 0 Å². The van der Waals surface area contributed by atoms with Gasteiger partial charge in [0, 0.05) is 6.42 Å². The summed E-state index contributed by atoms with van der Waals surface area (Å²) < 4.78 is 0. The maximum Gasteiger partial charge on any atom is 0.233 e. The normalized spacial score (nSPS) is 10.5. The number of unbranched alkanes of at least 4 members (excludes halogenated alkanes) is 2. The quantitative estimate of drug-likeness (QED) is 0.287. The summed E-state index contributed by atoms with van der Waals surface area (Å²) in [4.78, 5) is 10.7. The lowest BCUT2D eigenvalue weighted by atomic mass is 10.2. The summed E-state index contributed by atoms with van der Waals surface area (Å²) in [7, 11) is 0. The maximum absolute atomic E-state index is 10.7. The molecule has 0 aromatic rings. The van der Waals surface area contributed by atoms with Gasteiger partial charge in [-0.25, -0.2) is 5.84 Å². The van der Waals surface area contributed by atoms with Gasteiger partial charge in [-0.05, 0) is 23.8 Å². The molecule has 0 aromatic heterocycles. The van der Waals surface area contributed by atoms with Gasteiger partial charge in [-0.15, -0.1) is 0 Å². The highest BCUT2D eigenvalue weighted by molar-refractivity contribution is 7.99. The zero-order valence-corrected chi connectivity index (χ0v) is 9.32. The Labute approximate surface area is 84.8 Å². The third-order valence-corrected chi connectivity index (χ3v) is 2.85. The van der Waals surface area contributed by atoms with Crippen LogP contribution >= 0.6 is 11.8 Å². The molecule has 0 heterocycles. The molecule has 0 aliphatic carbocycles. The number of carbonyl (C=O) groups is 1. The number of rotatable bonds is 7. The molecular formula is C9H20N2OS. The Balaban J connectivity index is 3.04. The van der Waals surface area contributed by atoms with E-state index in [9.17, 15) is 4.79 Å². The zero-order valence-electron chi connectivity index (χ0n) is 8.51. The molecule has 78 valence electrons. The molecule has 13 heavy (non-hydrogen) atoms. The summed E-state index contributed by atoms with van der Waals surface area (Å²) in [6.07, 6.45) is 3.82. The minimum Gasteiger partial charge on any atom is -0.294 e. The van der Waals surface area contributed by atoms with Crippen molar-refractivity contribution in [2.75, 3.05) is 5.75 Å². The van der Waals surface area contributed by atoms with Crippen molar-refractivity contribution < 1.29 is 4.79 Å². The zero-order chi connectivity index (χ0) is 10.1. The Hall–Kier alpha value is -0.220. The Morgan fingerprint density at radius 1 is 1.38 bits per heavy atom. The summed E-state index contributed by atoms with van der Waals surface area (Å²) in [6.45, 7) is 4.40. The lowest BCUT2D eigenvalue weighted by Crippen LogP contribution is -2.29. The Kier molecular flexibility index (Phi) is 8.24. The minimum atomic E-state index is -0.0588. The van der Waals surface area contributed by atoms with Crippen molar-refractivity contribution in [1.82, 2.24) is 5.43 Å². The van der Waals surface area contributed by atoms with Crippen LogP contribution in [-0.2, 0) is 4.79 Å². The first-order valence-electron chi connectivity index (χ1n) is 4.78. The average Bonchev–Trinajstić information content (AvgIpc) is 2.10. The van der Waals surface area contributed by atoms with E-state index in [0.717, 1.165) is 12.8 Å². The Bertz CT molecular complexity index is 140. The first-order chi connectivity index (χ1) is 6.16. The molecule has 0 bridgehead atoms. The third kappa shape index (κ3) is 9.70. The smallest absolute Gasteiger partial charge is 0.233 e. The Morgan fingerprint density at radius 2 is 2.08 bits per heavy atom. The first kappa shape index (κ1) is 12.8. The highest BCUT2D eigenvalue weighted by atomic mass is 32.2. The van der Waals surface area contributed by atoms with E-state index < -0.39 is 0 Å². The molecule has 0 atom stereocenters. The number of thioether (sulfide) groups is 1. The van der Waals surface area contributed by atoms with E-state index in [4.69, 9.17) is 5.84 Å². The van der Waals surface area contributed by atoms with Crippen molar-refractivity contribution in [2.45, 2.75) is 44.8 Å². The third-order valence-electron chi connectivity index (χ3n) is 1.66. The van der Waals surface area contributed by atoms with Gasteiger partial charge in [-0.2, -0.15) is 11.8 Å². The van der Waals surface area contributed by atoms with Gasteiger partial charge >= 0.3 is 0 Å². The highest BCUT2D eigenvalue weighted by Gasteiger charge is 1.98. The van der Waals surface area contributed by atoms with Gasteiger partial charge in [-0.3, -0.25) is 10.2 Å². The van der Waals surface area contributed by atoms with Crippen LogP contribution in [0.1, 0.15) is 39.5 Å². The lowest BCUT2D eigenvalue weighted by Gasteiger charge is -2.03. The van der Waals surface area contributed by atoms with Crippen LogP contribution in [0, 0.1) is 0 Å². The predicted octanol–water partition coefficient (Wildman–Crippen LogP) is 1.68. The topological polar surface area (TPSA) is 55.1 Å². The second kappa shape index (κ2) is 8.38. The second-order valence-corrected chi connectivity index (χ2v) is 4.98. The molecule has 0 aliphatic rings. The van der Waals surface area contributed by atoms with E-state index in [1.807, 2.05) is 11.8 Å². The highest BCUT2D eigenvalue weighted by Crippen LogP contribution is 2.12. The fraction of sp³-hybridized carbons (Fsp3) is 0.889. The van der Waals surface area contributed by atoms with Crippen molar-refractivity contribution in [2.24, 2.45) is 5.84 Å². The van der Waals surface area contributed by atoms with Crippen LogP contribution in [0.5, 0.6) is 0 Å². The van der Waals surface area contributed by atoms with Crippen LogP contribution in [0.4, 0.5) is 0 Å². The van der Waals surface area contributed by atoms with Crippen LogP contribution in [-0.4, -0.2) is 16.9 Å². The predicted molar refractivity (Wildman–Crippen MR) is 58.4 cm³/mol. The van der Waals surface area contributed by atoms with Crippen LogP contribution in [0.2, 0.25) is 0 Å². The van der Waals surface area contributed by atoms with E-state index in [2.05, 4.69) is 19.3 Å². The van der Waals surface area contributed by atoms with Crippen molar-refractivity contribution >= 4 is 17.7 Å². The van der Waals surface area contributed by atoms with Gasteiger partial charge < -0.3 is 0 Å². The molecule has 0 unspecified atom stereocenters. The van der Waals surface area contributed by atoms with Gasteiger partial charge in [0.05, 0.1) is 0 Å². The monoisotopic (exact) mass is 204 g/mol. The molecule has 3 N–H and O–H groups in total. The standard InChI is InChI=1S/C9H20N2OS/c1-8(2)13-7-5-3-4-6-9(12)11-10/h8H,3-7,10H2,1-2H3,(H,11,12). The average molecular weight is 204 g/mol. The molecule has 0 saturated carbocycles. The number of hydrazine groups is 1. The van der Waals surface area contributed by atoms with Crippen molar-refractivity contribution in [1.29, 1.82) is 0 Å². The van der Waals surface area contributed by atoms with Gasteiger partial charge in [0.15, 0.2) is 0 Å². The molecule has 0 fully saturated rings. The van der Waals surface area contributed by atoms with Crippen LogP contribution in [0.3, 0.4) is 0 Å². The van der Waals surface area contributed by atoms with Gasteiger partial charge in [0.2, 0.25) is 5.91 Å². The minimum absolute atomic E-state index is 0.0588. The van der Waals surface area contributed by atoms with E-state index in [-0.39, 0.29) is 5.91 Å². The molecule has 0 aromatic carbocycles. The van der Waals surface area contributed by atoms with Gasteiger partial charge in [-0.1, -0.05) is 20.3 Å². The molecule has 0 aliphatic heterocycles. The van der Waals surface area contributed by atoms with Crippen LogP contribution in [0.25, 0.3) is 0 Å². The van der Waals surface area contributed by atoms with Crippen LogP contribution in [0.15, 0.2) is 0 Å². The van der Waals surface area contributed by atoms with Crippen molar-refractivity contribution in [3.8, 4) is 0 Å². The van der Waals surface area contributed by atoms with E-state index in [0.29, 0.717) is 11.7 Å². The number of carbonyl (C=O) groups excluding carboxylic acids is 1. The molecule has 0 spiro atoms. The largest absolute Gasteiger partial charge is 0.294 e. The molecule has 0 saturated heterocycles. The molecule has 4 heteroatoms. The van der Waals surface area contributed by atoms with Crippen LogP contribution < -0.4 is 11.3 Å². The fourth-order valence-electron chi connectivity index (χ4n) is 0.956. The van der Waals surface area contributed by atoms with Gasteiger partial charge in [0.25, 0.3) is 0 Å². The van der Waals surface area contributed by atoms with E-state index >= 15 is 0 Å². The molecular weight excluding hydrogens is 184 g/mol. The number of nitrogens with two attached hydrogens (primary N) is 1. The second-order valence-electron chi connectivity index (χ2n) is 3.30. The maximum atomic E-state index is 10.7. The molecule has 0 rings (SSSR count). The van der Waals surface area contributed by atoms with Gasteiger partial charge in [0.1, 0.15) is 0 Å². The SMILES string of the molecule is CC(C)SCCCCCC(=O)NN. The van der Waals surface area contributed by atoms with E-state index in [1.54, 1.807) is 0 Å². The summed E-state index contributed by atoms with van der Waals surface area (Å²) in [6, 6.07) is 0. The number of hydrogen-bond acceptors (Lipinski definition) is 3. The summed E-state index contributed by atoms with van der Waals surface area (Å²) >= 11 is 1.97. The number of nitrogens with one attached hydrogen (secondary N) is 1. The molecule has 0 radical (unpaired) electrons. The molecule has 1 amide bonds. The number of amides is 1.